The quantitative estimate of drug-likeness (QED) is 0.813. The molecule has 6 atom stereocenters. The molecule has 0 aromatic carbocycles. The van der Waals surface area contributed by atoms with Gasteiger partial charge in [0.2, 0.25) is 5.91 Å². The number of aliphatic carboxylic acids is 1. The van der Waals surface area contributed by atoms with Gasteiger partial charge in [0.1, 0.15) is 0 Å². The minimum atomic E-state index is -0.710. The first-order valence-corrected chi connectivity index (χ1v) is 7.68. The molecule has 6 unspecified atom stereocenters. The van der Waals surface area contributed by atoms with E-state index in [-0.39, 0.29) is 23.8 Å². The molecule has 2 bridgehead atoms. The summed E-state index contributed by atoms with van der Waals surface area (Å²) in [6.07, 6.45) is 6.19. The molecule has 0 saturated heterocycles. The summed E-state index contributed by atoms with van der Waals surface area (Å²) in [5.41, 5.74) is 0. The SMILES string of the molecule is O=C(O)C1CCC(NC(=O)C2C3C4CCC(C4)C23)C1. The molecule has 4 nitrogen and oxygen atoms in total. The van der Waals surface area contributed by atoms with Gasteiger partial charge in [-0.25, -0.2) is 0 Å². The Morgan fingerprint density at radius 3 is 2.21 bits per heavy atom. The van der Waals surface area contributed by atoms with Gasteiger partial charge in [-0.1, -0.05) is 0 Å². The fraction of sp³-hybridized carbons (Fsp3) is 0.867. The lowest BCUT2D eigenvalue weighted by atomic mass is 10.0. The number of amides is 1. The van der Waals surface area contributed by atoms with Crippen LogP contribution in [0, 0.1) is 35.5 Å². The zero-order valence-electron chi connectivity index (χ0n) is 11.0. The number of carbonyl (C=O) groups is 2. The predicted molar refractivity (Wildman–Crippen MR) is 68.2 cm³/mol. The summed E-state index contributed by atoms with van der Waals surface area (Å²) < 4.78 is 0. The third-order valence-corrected chi connectivity index (χ3v) is 6.17. The Morgan fingerprint density at radius 2 is 1.63 bits per heavy atom. The lowest BCUT2D eigenvalue weighted by molar-refractivity contribution is -0.141. The van der Waals surface area contributed by atoms with Gasteiger partial charge in [-0.05, 0) is 62.2 Å². The van der Waals surface area contributed by atoms with Crippen LogP contribution in [0.2, 0.25) is 0 Å². The molecule has 2 N–H and O–H groups in total. The van der Waals surface area contributed by atoms with E-state index in [4.69, 9.17) is 5.11 Å². The topological polar surface area (TPSA) is 66.4 Å². The van der Waals surface area contributed by atoms with Crippen molar-refractivity contribution in [1.82, 2.24) is 5.32 Å². The molecule has 19 heavy (non-hydrogen) atoms. The fourth-order valence-electron chi connectivity index (χ4n) is 5.31. The summed E-state index contributed by atoms with van der Waals surface area (Å²) in [4.78, 5) is 23.2. The first-order valence-electron chi connectivity index (χ1n) is 7.68. The lowest BCUT2D eigenvalue weighted by Gasteiger charge is -2.14. The van der Waals surface area contributed by atoms with E-state index in [1.54, 1.807) is 0 Å². The van der Waals surface area contributed by atoms with Crippen LogP contribution in [0.15, 0.2) is 0 Å². The van der Waals surface area contributed by atoms with Crippen LogP contribution in [-0.2, 0) is 9.59 Å². The maximum Gasteiger partial charge on any atom is 0.306 e. The number of nitrogens with one attached hydrogen (secondary N) is 1. The highest BCUT2D eigenvalue weighted by Crippen LogP contribution is 2.69. The summed E-state index contributed by atoms with van der Waals surface area (Å²) in [6, 6.07) is 0.104. The van der Waals surface area contributed by atoms with Gasteiger partial charge < -0.3 is 10.4 Å². The predicted octanol–water partition coefficient (Wildman–Crippen LogP) is 1.65. The molecule has 0 heterocycles. The number of rotatable bonds is 3. The van der Waals surface area contributed by atoms with Gasteiger partial charge in [0.15, 0.2) is 0 Å². The van der Waals surface area contributed by atoms with Gasteiger partial charge in [0.25, 0.3) is 0 Å². The van der Waals surface area contributed by atoms with Crippen LogP contribution < -0.4 is 5.32 Å². The average Bonchev–Trinajstić information content (AvgIpc) is 2.75. The van der Waals surface area contributed by atoms with Crippen molar-refractivity contribution < 1.29 is 14.7 Å². The summed E-state index contributed by atoms with van der Waals surface area (Å²) in [6.45, 7) is 0. The number of carbonyl (C=O) groups excluding carboxylic acids is 1. The van der Waals surface area contributed by atoms with Crippen molar-refractivity contribution in [3.63, 3.8) is 0 Å². The maximum atomic E-state index is 12.3. The van der Waals surface area contributed by atoms with Gasteiger partial charge in [-0.3, -0.25) is 9.59 Å². The van der Waals surface area contributed by atoms with Crippen LogP contribution in [0.3, 0.4) is 0 Å². The molecular weight excluding hydrogens is 242 g/mol. The van der Waals surface area contributed by atoms with Crippen LogP contribution in [0.1, 0.15) is 38.5 Å². The van der Waals surface area contributed by atoms with E-state index in [1.807, 2.05) is 0 Å². The zero-order valence-corrected chi connectivity index (χ0v) is 11.0. The average molecular weight is 263 g/mol. The van der Waals surface area contributed by atoms with E-state index in [1.165, 1.54) is 19.3 Å². The maximum absolute atomic E-state index is 12.3. The zero-order chi connectivity index (χ0) is 13.1. The molecule has 4 rings (SSSR count). The van der Waals surface area contributed by atoms with Crippen LogP contribution in [0.4, 0.5) is 0 Å². The third-order valence-electron chi connectivity index (χ3n) is 6.17. The molecule has 0 aliphatic heterocycles. The van der Waals surface area contributed by atoms with Crippen molar-refractivity contribution in [2.45, 2.75) is 44.6 Å². The smallest absolute Gasteiger partial charge is 0.306 e. The Morgan fingerprint density at radius 1 is 0.947 bits per heavy atom. The Balaban J connectivity index is 1.33. The van der Waals surface area contributed by atoms with Crippen LogP contribution >= 0.6 is 0 Å². The highest BCUT2D eigenvalue weighted by Gasteiger charge is 2.67. The molecule has 104 valence electrons. The Bertz CT molecular complexity index is 419. The first-order chi connectivity index (χ1) is 9.15. The van der Waals surface area contributed by atoms with Crippen molar-refractivity contribution in [2.75, 3.05) is 0 Å². The molecule has 0 spiro atoms. The molecular formula is C15H21NO3. The number of hydrogen-bond donors (Lipinski definition) is 2. The molecule has 4 aliphatic carbocycles. The van der Waals surface area contributed by atoms with E-state index in [9.17, 15) is 9.59 Å². The van der Waals surface area contributed by atoms with Crippen molar-refractivity contribution in [1.29, 1.82) is 0 Å². The minimum absolute atomic E-state index is 0.104. The van der Waals surface area contributed by atoms with Crippen LogP contribution in [-0.4, -0.2) is 23.0 Å². The van der Waals surface area contributed by atoms with Gasteiger partial charge in [-0.2, -0.15) is 0 Å². The van der Waals surface area contributed by atoms with Gasteiger partial charge in [-0.15, -0.1) is 0 Å². The second-order valence-electron chi connectivity index (χ2n) is 7.07. The lowest BCUT2D eigenvalue weighted by Crippen LogP contribution is -2.35. The highest BCUT2D eigenvalue weighted by atomic mass is 16.4. The first kappa shape index (κ1) is 11.7. The fourth-order valence-corrected chi connectivity index (χ4v) is 5.31. The normalized spacial score (nSPS) is 50.0. The number of carboxylic acids is 1. The second-order valence-corrected chi connectivity index (χ2v) is 7.07. The van der Waals surface area contributed by atoms with E-state index < -0.39 is 5.97 Å². The standard InChI is InChI=1S/C15H21NO3/c17-14(16-10-4-3-9(6-10)15(18)19)13-11-7-1-2-8(5-7)12(11)13/h7-13H,1-6H2,(H,16,17)(H,18,19). The Hall–Kier alpha value is -1.06. The summed E-state index contributed by atoms with van der Waals surface area (Å²) in [5, 5.41) is 12.1. The number of carboxylic acid groups (broad SMARTS) is 1. The highest BCUT2D eigenvalue weighted by molar-refractivity contribution is 5.83. The van der Waals surface area contributed by atoms with Crippen LogP contribution in [0.25, 0.3) is 0 Å². The minimum Gasteiger partial charge on any atom is -0.481 e. The van der Waals surface area contributed by atoms with Crippen molar-refractivity contribution in [3.8, 4) is 0 Å². The molecule has 4 saturated carbocycles. The van der Waals surface area contributed by atoms with E-state index in [0.29, 0.717) is 24.7 Å². The van der Waals surface area contributed by atoms with Crippen molar-refractivity contribution >= 4 is 11.9 Å². The van der Waals surface area contributed by atoms with Crippen molar-refractivity contribution in [2.24, 2.45) is 35.5 Å². The number of hydrogen-bond acceptors (Lipinski definition) is 2. The Kier molecular flexibility index (Phi) is 2.45. The Labute approximate surface area is 112 Å². The molecule has 4 aliphatic rings. The third kappa shape index (κ3) is 1.72. The molecule has 0 aromatic heterocycles. The molecule has 0 radical (unpaired) electrons. The number of fused-ring (bicyclic) bond motifs is 5. The van der Waals surface area contributed by atoms with Gasteiger partial charge in [0.05, 0.1) is 5.92 Å². The van der Waals surface area contributed by atoms with Gasteiger partial charge >= 0.3 is 5.97 Å². The van der Waals surface area contributed by atoms with E-state index in [0.717, 1.165) is 18.3 Å². The molecule has 1 amide bonds. The van der Waals surface area contributed by atoms with Gasteiger partial charge in [0, 0.05) is 12.0 Å². The second kappa shape index (κ2) is 3.97. The monoisotopic (exact) mass is 263 g/mol. The molecule has 0 aromatic rings. The van der Waals surface area contributed by atoms with Crippen LogP contribution in [0.5, 0.6) is 0 Å². The largest absolute Gasteiger partial charge is 0.481 e. The van der Waals surface area contributed by atoms with E-state index >= 15 is 0 Å². The summed E-state index contributed by atoms with van der Waals surface area (Å²) in [5.74, 6) is 2.53. The molecule has 4 heteroatoms. The summed E-state index contributed by atoms with van der Waals surface area (Å²) >= 11 is 0. The summed E-state index contributed by atoms with van der Waals surface area (Å²) in [7, 11) is 0. The molecule has 4 fully saturated rings. The van der Waals surface area contributed by atoms with Crippen molar-refractivity contribution in [3.05, 3.63) is 0 Å². The van der Waals surface area contributed by atoms with E-state index in [2.05, 4.69) is 5.32 Å².